The van der Waals surface area contributed by atoms with Gasteiger partial charge < -0.3 is 0 Å². The topological polar surface area (TPSA) is 0 Å². The van der Waals surface area contributed by atoms with Crippen LogP contribution in [-0.4, -0.2) is 13.6 Å². The third-order valence-corrected chi connectivity index (χ3v) is 15.6. The number of benzene rings is 4. The van der Waals surface area contributed by atoms with Crippen LogP contribution < -0.4 is 17.4 Å². The summed E-state index contributed by atoms with van der Waals surface area (Å²) in [5.74, 6) is 0. The van der Waals surface area contributed by atoms with Crippen molar-refractivity contribution in [3.63, 3.8) is 0 Å². The molecule has 0 aliphatic carbocycles. The van der Waals surface area contributed by atoms with Gasteiger partial charge in [-0.2, -0.15) is 0 Å². The molecule has 0 nitrogen and oxygen atoms in total. The normalized spacial score (nSPS) is 11.3. The molecule has 0 spiro atoms. The first-order valence-corrected chi connectivity index (χ1v) is 13.5. The molecule has 0 aliphatic rings. The quantitative estimate of drug-likeness (QED) is 0.291. The first-order valence-electron chi connectivity index (χ1n) is 8.64. The summed E-state index contributed by atoms with van der Waals surface area (Å²) in [6.07, 6.45) is 0. The van der Waals surface area contributed by atoms with Crippen LogP contribution in [0.3, 0.4) is 0 Å². The summed E-state index contributed by atoms with van der Waals surface area (Å²) in [4.78, 5) is 0. The Morgan fingerprint density at radius 3 is 1.15 bits per heavy atom. The fraction of sp³-hybridized carbons (Fsp3) is 0. The second kappa shape index (κ2) is 7.82. The zero-order chi connectivity index (χ0) is 17.8. The summed E-state index contributed by atoms with van der Waals surface area (Å²) < 4.78 is 7.18. The van der Waals surface area contributed by atoms with Crippen LogP contribution in [0.25, 0.3) is 0 Å². The minimum atomic E-state index is -2.83. The first kappa shape index (κ1) is 17.6. The average molecular weight is 509 g/mol. The van der Waals surface area contributed by atoms with Crippen molar-refractivity contribution in [3.05, 3.63) is 119 Å². The summed E-state index contributed by atoms with van der Waals surface area (Å²) in [6, 6.07) is 42.2. The molecule has 0 fully saturated rings. The van der Waals surface area contributed by atoms with Gasteiger partial charge in [-0.05, 0) is 0 Å². The molecule has 26 heavy (non-hydrogen) atoms. The van der Waals surface area contributed by atoms with Crippen molar-refractivity contribution in [2.45, 2.75) is 0 Å². The molecule has 4 aromatic carbocycles. The van der Waals surface area contributed by atoms with E-state index in [1.165, 1.54) is 21.0 Å². The van der Waals surface area contributed by atoms with Gasteiger partial charge in [-0.3, -0.25) is 0 Å². The maximum atomic E-state index is 2.51. The van der Waals surface area contributed by atoms with Crippen molar-refractivity contribution in [2.75, 3.05) is 0 Å². The van der Waals surface area contributed by atoms with E-state index in [0.29, 0.717) is 0 Å². The van der Waals surface area contributed by atoms with E-state index >= 15 is 0 Å². The second-order valence-electron chi connectivity index (χ2n) is 6.13. The molecule has 0 unspecified atom stereocenters. The monoisotopic (exact) mass is 509 g/mol. The minimum absolute atomic E-state index is 1.34. The van der Waals surface area contributed by atoms with Gasteiger partial charge in [-0.1, -0.05) is 0 Å². The van der Waals surface area contributed by atoms with Crippen LogP contribution in [0.1, 0.15) is 0 Å². The van der Waals surface area contributed by atoms with Crippen LogP contribution in [0.5, 0.6) is 0 Å². The summed E-state index contributed by atoms with van der Waals surface area (Å²) in [7, 11) is 0. The van der Waals surface area contributed by atoms with E-state index in [1.54, 1.807) is 0 Å². The predicted molar refractivity (Wildman–Crippen MR) is 123 cm³/mol. The molecule has 0 aliphatic heterocycles. The molecular weight excluding hydrogens is 490 g/mol. The molecule has 0 heterocycles. The van der Waals surface area contributed by atoms with Gasteiger partial charge in [0.25, 0.3) is 0 Å². The Kier molecular flexibility index (Phi) is 5.28. The Bertz CT molecular complexity index is 885. The predicted octanol–water partition coefficient (Wildman–Crippen LogP) is 3.67. The van der Waals surface area contributed by atoms with E-state index in [4.69, 9.17) is 0 Å². The van der Waals surface area contributed by atoms with Crippen molar-refractivity contribution in [3.8, 4) is 0 Å². The first-order chi connectivity index (χ1) is 12.8. The number of halogens is 1. The summed E-state index contributed by atoms with van der Waals surface area (Å²) in [5.41, 5.74) is 0. The maximum absolute atomic E-state index is 2.83. The second-order valence-corrected chi connectivity index (χ2v) is 14.4. The van der Waals surface area contributed by atoms with Gasteiger partial charge in [0.2, 0.25) is 0 Å². The molecule has 0 amide bonds. The van der Waals surface area contributed by atoms with E-state index < -0.39 is 13.6 Å². The standard InChI is InChI=1S/C24H19AsI/c26-24-19-11-10-18-23(24)25(20-12-4-1-5-13-20,21-14-6-2-7-15-21)22-16-8-3-9-17-22/h1-19H/q+1. The SMILES string of the molecule is Ic1ccccc1[As+](c1ccccc1)(c1ccccc1)c1ccccc1. The molecule has 0 saturated carbocycles. The third kappa shape index (κ3) is 3.04. The molecule has 0 saturated heterocycles. The molecule has 0 aromatic heterocycles. The van der Waals surface area contributed by atoms with Gasteiger partial charge in [0, 0.05) is 0 Å². The molecular formula is C24H19AsI+. The molecule has 126 valence electrons. The molecule has 0 atom stereocenters. The zero-order valence-corrected chi connectivity index (χ0v) is 18.3. The molecule has 4 aromatic rings. The van der Waals surface area contributed by atoms with Crippen molar-refractivity contribution in [2.24, 2.45) is 0 Å². The Hall–Kier alpha value is -1.83. The average Bonchev–Trinajstić information content (AvgIpc) is 2.72. The summed E-state index contributed by atoms with van der Waals surface area (Å²) in [6.45, 7) is 0. The van der Waals surface area contributed by atoms with Gasteiger partial charge in [0.1, 0.15) is 0 Å². The molecule has 0 bridgehead atoms. The summed E-state index contributed by atoms with van der Waals surface area (Å²) >= 11 is -0.320. The fourth-order valence-corrected chi connectivity index (χ4v) is 14.8. The van der Waals surface area contributed by atoms with Crippen LogP contribution in [0, 0.1) is 3.57 Å². The van der Waals surface area contributed by atoms with Crippen LogP contribution in [-0.2, 0) is 0 Å². The van der Waals surface area contributed by atoms with Crippen molar-refractivity contribution >= 4 is 53.5 Å². The molecule has 2 heteroatoms. The van der Waals surface area contributed by atoms with Crippen molar-refractivity contribution in [1.82, 2.24) is 0 Å². The Balaban J connectivity index is 2.17. The summed E-state index contributed by atoms with van der Waals surface area (Å²) in [5, 5.41) is 0. The molecule has 0 radical (unpaired) electrons. The van der Waals surface area contributed by atoms with Gasteiger partial charge >= 0.3 is 172 Å². The molecule has 0 N–H and O–H groups in total. The van der Waals surface area contributed by atoms with Crippen LogP contribution >= 0.6 is 22.6 Å². The molecule has 4 rings (SSSR count). The van der Waals surface area contributed by atoms with E-state index in [-0.39, 0.29) is 0 Å². The third-order valence-electron chi connectivity index (χ3n) is 4.64. The van der Waals surface area contributed by atoms with Crippen LogP contribution in [0.15, 0.2) is 115 Å². The van der Waals surface area contributed by atoms with Gasteiger partial charge in [0.15, 0.2) is 0 Å². The number of hydrogen-bond acceptors (Lipinski definition) is 0. The Morgan fingerprint density at radius 2 is 0.769 bits per heavy atom. The van der Waals surface area contributed by atoms with E-state index in [9.17, 15) is 0 Å². The van der Waals surface area contributed by atoms with E-state index in [2.05, 4.69) is 138 Å². The Labute approximate surface area is 171 Å². The zero-order valence-electron chi connectivity index (χ0n) is 14.3. The van der Waals surface area contributed by atoms with Crippen molar-refractivity contribution in [1.29, 1.82) is 0 Å². The van der Waals surface area contributed by atoms with Crippen LogP contribution in [0.2, 0.25) is 0 Å². The Morgan fingerprint density at radius 1 is 0.423 bits per heavy atom. The van der Waals surface area contributed by atoms with Gasteiger partial charge in [-0.15, -0.1) is 0 Å². The number of hydrogen-bond donors (Lipinski definition) is 0. The van der Waals surface area contributed by atoms with Gasteiger partial charge in [-0.25, -0.2) is 0 Å². The van der Waals surface area contributed by atoms with E-state index in [0.717, 1.165) is 0 Å². The van der Waals surface area contributed by atoms with Gasteiger partial charge in [0.05, 0.1) is 0 Å². The van der Waals surface area contributed by atoms with E-state index in [1.807, 2.05) is 0 Å². The van der Waals surface area contributed by atoms with Crippen LogP contribution in [0.4, 0.5) is 0 Å². The van der Waals surface area contributed by atoms with Crippen molar-refractivity contribution < 1.29 is 0 Å². The fourth-order valence-electron chi connectivity index (χ4n) is 3.54. The number of rotatable bonds is 4.